The van der Waals surface area contributed by atoms with Crippen LogP contribution in [0.15, 0.2) is 41.0 Å². The van der Waals surface area contributed by atoms with Crippen LogP contribution in [-0.4, -0.2) is 5.11 Å². The van der Waals surface area contributed by atoms with Gasteiger partial charge in [-0.05, 0) is 32.0 Å². The van der Waals surface area contributed by atoms with Crippen LogP contribution in [0.1, 0.15) is 37.3 Å². The zero-order valence-corrected chi connectivity index (χ0v) is 10.4. The summed E-state index contributed by atoms with van der Waals surface area (Å²) in [6.07, 6.45) is 1.62. The summed E-state index contributed by atoms with van der Waals surface area (Å²) in [5.41, 5.74) is 0.662. The van der Waals surface area contributed by atoms with E-state index in [-0.39, 0.29) is 17.8 Å². The topological polar surface area (TPSA) is 45.4 Å². The summed E-state index contributed by atoms with van der Waals surface area (Å²) in [4.78, 5) is 0. The molecule has 3 nitrogen and oxygen atoms in total. The maximum absolute atomic E-state index is 12.9. The van der Waals surface area contributed by atoms with E-state index in [2.05, 4.69) is 5.32 Å². The summed E-state index contributed by atoms with van der Waals surface area (Å²) in [6, 6.07) is 7.65. The van der Waals surface area contributed by atoms with Crippen LogP contribution in [0.4, 0.5) is 4.39 Å². The molecule has 4 heteroatoms. The number of hydrogen-bond acceptors (Lipinski definition) is 3. The van der Waals surface area contributed by atoms with Gasteiger partial charge in [-0.2, -0.15) is 0 Å². The van der Waals surface area contributed by atoms with Gasteiger partial charge in [-0.15, -0.1) is 0 Å². The zero-order valence-electron chi connectivity index (χ0n) is 10.4. The number of rotatable bonds is 4. The molecule has 0 aliphatic rings. The minimum Gasteiger partial charge on any atom is -0.508 e. The molecule has 2 atom stereocenters. The van der Waals surface area contributed by atoms with Gasteiger partial charge in [0, 0.05) is 17.7 Å². The van der Waals surface area contributed by atoms with Crippen molar-refractivity contribution in [2.45, 2.75) is 25.9 Å². The number of hydrogen-bond donors (Lipinski definition) is 2. The van der Waals surface area contributed by atoms with Crippen LogP contribution in [0, 0.1) is 5.82 Å². The summed E-state index contributed by atoms with van der Waals surface area (Å²) in [6.45, 7) is 3.88. The standard InChI is InChI=1S/C14H16FNO2/c1-9(12-6-5-11(15)8-13(12)17)16-10(2)14-4-3-7-18-14/h3-10,16-17H,1-2H3/t9?,10-/m0/s1. The molecule has 0 saturated carbocycles. The van der Waals surface area contributed by atoms with Crippen molar-refractivity contribution in [1.29, 1.82) is 0 Å². The second kappa shape index (κ2) is 5.23. The lowest BCUT2D eigenvalue weighted by Gasteiger charge is -2.19. The van der Waals surface area contributed by atoms with Gasteiger partial charge in [0.2, 0.25) is 0 Å². The Hall–Kier alpha value is -1.81. The van der Waals surface area contributed by atoms with E-state index in [9.17, 15) is 9.50 Å². The Morgan fingerprint density at radius 1 is 1.22 bits per heavy atom. The van der Waals surface area contributed by atoms with Crippen LogP contribution in [-0.2, 0) is 0 Å². The summed E-state index contributed by atoms with van der Waals surface area (Å²) >= 11 is 0. The minimum absolute atomic E-state index is 0.0134. The van der Waals surface area contributed by atoms with Crippen LogP contribution in [0.2, 0.25) is 0 Å². The molecule has 2 N–H and O–H groups in total. The van der Waals surface area contributed by atoms with Crippen LogP contribution in [0.5, 0.6) is 5.75 Å². The lowest BCUT2D eigenvalue weighted by atomic mass is 10.1. The van der Waals surface area contributed by atoms with Gasteiger partial charge in [-0.3, -0.25) is 0 Å². The maximum Gasteiger partial charge on any atom is 0.126 e. The SMILES string of the molecule is CC(N[C@@H](C)c1ccco1)c1ccc(F)cc1O. The number of phenolic OH excluding ortho intramolecular Hbond substituents is 1. The third-order valence-corrected chi connectivity index (χ3v) is 2.93. The fourth-order valence-corrected chi connectivity index (χ4v) is 1.97. The Bertz CT molecular complexity index is 511. The summed E-state index contributed by atoms with van der Waals surface area (Å²) in [7, 11) is 0. The van der Waals surface area contributed by atoms with Crippen molar-refractivity contribution < 1.29 is 13.9 Å². The molecule has 2 aromatic rings. The fraction of sp³-hybridized carbons (Fsp3) is 0.286. The van der Waals surface area contributed by atoms with Gasteiger partial charge in [0.25, 0.3) is 0 Å². The molecule has 96 valence electrons. The molecule has 0 bridgehead atoms. The van der Waals surface area contributed by atoms with Crippen LogP contribution in [0.3, 0.4) is 0 Å². The highest BCUT2D eigenvalue weighted by Gasteiger charge is 2.15. The van der Waals surface area contributed by atoms with E-state index in [1.165, 1.54) is 6.07 Å². The Balaban J connectivity index is 2.10. The average molecular weight is 249 g/mol. The fourth-order valence-electron chi connectivity index (χ4n) is 1.97. The normalized spacial score (nSPS) is 14.4. The van der Waals surface area contributed by atoms with Gasteiger partial charge in [-0.25, -0.2) is 4.39 Å². The van der Waals surface area contributed by atoms with E-state index in [4.69, 9.17) is 4.42 Å². The van der Waals surface area contributed by atoms with E-state index in [1.54, 1.807) is 12.3 Å². The summed E-state index contributed by atoms with van der Waals surface area (Å²) in [5, 5.41) is 13.0. The molecule has 1 unspecified atom stereocenters. The van der Waals surface area contributed by atoms with E-state index < -0.39 is 5.82 Å². The Labute approximate surface area is 105 Å². The highest BCUT2D eigenvalue weighted by atomic mass is 19.1. The first-order chi connectivity index (χ1) is 8.58. The van der Waals surface area contributed by atoms with Gasteiger partial charge in [0.1, 0.15) is 17.3 Å². The first-order valence-electron chi connectivity index (χ1n) is 5.86. The Kier molecular flexibility index (Phi) is 3.67. The molecule has 1 heterocycles. The van der Waals surface area contributed by atoms with E-state index in [1.807, 2.05) is 26.0 Å². The number of benzene rings is 1. The molecule has 1 aromatic heterocycles. The highest BCUT2D eigenvalue weighted by molar-refractivity contribution is 5.35. The largest absolute Gasteiger partial charge is 0.508 e. The molecule has 0 aliphatic heterocycles. The predicted molar refractivity (Wildman–Crippen MR) is 66.7 cm³/mol. The Morgan fingerprint density at radius 3 is 2.61 bits per heavy atom. The summed E-state index contributed by atoms with van der Waals surface area (Å²) < 4.78 is 18.2. The molecule has 0 aliphatic carbocycles. The van der Waals surface area contributed by atoms with Crippen molar-refractivity contribution in [2.24, 2.45) is 0 Å². The first kappa shape index (κ1) is 12.6. The van der Waals surface area contributed by atoms with Crippen molar-refractivity contribution in [3.05, 3.63) is 53.7 Å². The van der Waals surface area contributed by atoms with E-state index in [0.717, 1.165) is 11.8 Å². The Morgan fingerprint density at radius 2 is 2.00 bits per heavy atom. The number of furan rings is 1. The lowest BCUT2D eigenvalue weighted by molar-refractivity contribution is 0.391. The highest BCUT2D eigenvalue weighted by Crippen LogP contribution is 2.27. The first-order valence-corrected chi connectivity index (χ1v) is 5.86. The molecule has 2 rings (SSSR count). The van der Waals surface area contributed by atoms with Crippen molar-refractivity contribution in [3.8, 4) is 5.75 Å². The third kappa shape index (κ3) is 2.71. The third-order valence-electron chi connectivity index (χ3n) is 2.93. The predicted octanol–water partition coefficient (Wildman–Crippen LogP) is 3.54. The van der Waals surface area contributed by atoms with Crippen molar-refractivity contribution in [3.63, 3.8) is 0 Å². The molecule has 1 aromatic carbocycles. The molecular formula is C14H16FNO2. The summed E-state index contributed by atoms with van der Waals surface area (Å²) in [5.74, 6) is 0.340. The van der Waals surface area contributed by atoms with Crippen molar-refractivity contribution in [1.82, 2.24) is 5.32 Å². The molecule has 0 spiro atoms. The number of nitrogens with one attached hydrogen (secondary N) is 1. The van der Waals surface area contributed by atoms with E-state index in [0.29, 0.717) is 5.56 Å². The van der Waals surface area contributed by atoms with Crippen molar-refractivity contribution in [2.75, 3.05) is 0 Å². The van der Waals surface area contributed by atoms with Gasteiger partial charge in [0.15, 0.2) is 0 Å². The number of halogens is 1. The van der Waals surface area contributed by atoms with E-state index >= 15 is 0 Å². The van der Waals surface area contributed by atoms with Gasteiger partial charge in [-0.1, -0.05) is 6.07 Å². The average Bonchev–Trinajstić information content (AvgIpc) is 2.81. The number of phenols is 1. The quantitative estimate of drug-likeness (QED) is 0.871. The van der Waals surface area contributed by atoms with Crippen LogP contribution in [0.25, 0.3) is 0 Å². The minimum atomic E-state index is -0.442. The zero-order chi connectivity index (χ0) is 13.1. The molecule has 0 saturated heterocycles. The smallest absolute Gasteiger partial charge is 0.126 e. The van der Waals surface area contributed by atoms with Crippen LogP contribution < -0.4 is 5.32 Å². The van der Waals surface area contributed by atoms with Gasteiger partial charge < -0.3 is 14.8 Å². The molecule has 18 heavy (non-hydrogen) atoms. The molecular weight excluding hydrogens is 233 g/mol. The van der Waals surface area contributed by atoms with Crippen LogP contribution >= 0.6 is 0 Å². The van der Waals surface area contributed by atoms with Crippen molar-refractivity contribution >= 4 is 0 Å². The monoisotopic (exact) mass is 249 g/mol. The number of aromatic hydroxyl groups is 1. The van der Waals surface area contributed by atoms with Gasteiger partial charge in [0.05, 0.1) is 12.3 Å². The second-order valence-electron chi connectivity index (χ2n) is 4.33. The van der Waals surface area contributed by atoms with Gasteiger partial charge >= 0.3 is 0 Å². The maximum atomic E-state index is 12.9. The molecule has 0 fully saturated rings. The molecule has 0 amide bonds. The molecule has 0 radical (unpaired) electrons. The second-order valence-corrected chi connectivity index (χ2v) is 4.33. The lowest BCUT2D eigenvalue weighted by Crippen LogP contribution is -2.22.